The normalized spacial score (nSPS) is 10.2. The number of benzene rings is 2. The molecule has 2 N–H and O–H groups in total. The first-order valence-corrected chi connectivity index (χ1v) is 6.28. The molecule has 0 aliphatic rings. The number of aliphatic hydroxyl groups excluding tert-OH is 1. The average Bonchev–Trinajstić information content (AvgIpc) is 2.47. The minimum absolute atomic E-state index is 0.0910. The number of nitrogens with one attached hydrogen (secondary N) is 1. The Morgan fingerprint density at radius 3 is 2.67 bits per heavy atom. The number of carbonyl (C=O) groups is 1. The van der Waals surface area contributed by atoms with Crippen LogP contribution in [0.1, 0.15) is 21.5 Å². The number of hydrogen-bond acceptors (Lipinski definition) is 4. The van der Waals surface area contributed by atoms with E-state index >= 15 is 0 Å². The number of hydrogen-bond donors (Lipinski definition) is 2. The maximum Gasteiger partial charge on any atom is 0.273 e. The van der Waals surface area contributed by atoms with Crippen molar-refractivity contribution in [2.45, 2.75) is 13.5 Å². The Morgan fingerprint density at radius 1 is 1.29 bits per heavy atom. The molecule has 0 saturated carbocycles. The first-order valence-electron chi connectivity index (χ1n) is 6.28. The smallest absolute Gasteiger partial charge is 0.273 e. The summed E-state index contributed by atoms with van der Waals surface area (Å²) in [5.74, 6) is -0.425. The van der Waals surface area contributed by atoms with Crippen LogP contribution in [0.2, 0.25) is 0 Å². The van der Waals surface area contributed by atoms with Crippen LogP contribution in [0.15, 0.2) is 42.5 Å². The van der Waals surface area contributed by atoms with E-state index in [1.165, 1.54) is 25.1 Å². The number of carbonyl (C=O) groups excluding carboxylic acids is 1. The quantitative estimate of drug-likeness (QED) is 0.667. The van der Waals surface area contributed by atoms with Crippen LogP contribution in [0, 0.1) is 17.0 Å². The van der Waals surface area contributed by atoms with E-state index in [1.807, 2.05) is 0 Å². The lowest BCUT2D eigenvalue weighted by Gasteiger charge is -2.08. The summed E-state index contributed by atoms with van der Waals surface area (Å²) in [5.41, 5.74) is 1.67. The van der Waals surface area contributed by atoms with Crippen LogP contribution in [0.4, 0.5) is 11.4 Å². The Hall–Kier alpha value is -2.73. The molecule has 0 heterocycles. The number of nitrogens with zero attached hydrogens (tertiary/aromatic N) is 1. The van der Waals surface area contributed by atoms with Crippen LogP contribution < -0.4 is 5.32 Å². The third-order valence-corrected chi connectivity index (χ3v) is 3.11. The second kappa shape index (κ2) is 6.15. The summed E-state index contributed by atoms with van der Waals surface area (Å²) in [6.07, 6.45) is 0. The van der Waals surface area contributed by atoms with Crippen molar-refractivity contribution in [2.75, 3.05) is 5.32 Å². The number of rotatable bonds is 4. The molecule has 108 valence electrons. The van der Waals surface area contributed by atoms with Gasteiger partial charge in [0.2, 0.25) is 0 Å². The van der Waals surface area contributed by atoms with Gasteiger partial charge in [0.05, 0.1) is 11.5 Å². The topological polar surface area (TPSA) is 92.5 Å². The van der Waals surface area contributed by atoms with E-state index in [-0.39, 0.29) is 17.9 Å². The molecule has 0 saturated heterocycles. The molecular weight excluding hydrogens is 272 g/mol. The fraction of sp³-hybridized carbons (Fsp3) is 0.133. The van der Waals surface area contributed by atoms with Crippen LogP contribution in [0.5, 0.6) is 0 Å². The van der Waals surface area contributed by atoms with Crippen molar-refractivity contribution in [2.24, 2.45) is 0 Å². The molecule has 6 nitrogen and oxygen atoms in total. The number of nitro groups is 1. The van der Waals surface area contributed by atoms with E-state index in [1.54, 1.807) is 24.3 Å². The molecule has 1 amide bonds. The van der Waals surface area contributed by atoms with E-state index in [0.29, 0.717) is 16.8 Å². The number of aliphatic hydroxyl groups is 1. The highest BCUT2D eigenvalue weighted by molar-refractivity contribution is 6.05. The fourth-order valence-corrected chi connectivity index (χ4v) is 2.01. The maximum atomic E-state index is 12.2. The summed E-state index contributed by atoms with van der Waals surface area (Å²) in [5, 5.41) is 22.6. The zero-order valence-corrected chi connectivity index (χ0v) is 11.4. The Morgan fingerprint density at radius 2 is 2.00 bits per heavy atom. The van der Waals surface area contributed by atoms with Gasteiger partial charge in [0.1, 0.15) is 0 Å². The Bertz CT molecular complexity index is 698. The third kappa shape index (κ3) is 3.24. The van der Waals surface area contributed by atoms with Gasteiger partial charge in [-0.25, -0.2) is 0 Å². The van der Waals surface area contributed by atoms with Crippen molar-refractivity contribution >= 4 is 17.3 Å². The van der Waals surface area contributed by atoms with E-state index < -0.39 is 10.8 Å². The highest BCUT2D eigenvalue weighted by Gasteiger charge is 2.17. The summed E-state index contributed by atoms with van der Waals surface area (Å²) in [6.45, 7) is 1.41. The molecule has 2 rings (SSSR count). The predicted molar refractivity (Wildman–Crippen MR) is 78.2 cm³/mol. The summed E-state index contributed by atoms with van der Waals surface area (Å²) >= 11 is 0. The molecular formula is C15H14N2O4. The molecule has 21 heavy (non-hydrogen) atoms. The van der Waals surface area contributed by atoms with Gasteiger partial charge >= 0.3 is 0 Å². The van der Waals surface area contributed by atoms with Gasteiger partial charge in [0.15, 0.2) is 0 Å². The maximum absolute atomic E-state index is 12.2. The molecule has 2 aromatic rings. The van der Waals surface area contributed by atoms with Crippen LogP contribution in [0.3, 0.4) is 0 Å². The molecule has 0 fully saturated rings. The lowest BCUT2D eigenvalue weighted by atomic mass is 10.1. The zero-order valence-electron chi connectivity index (χ0n) is 11.4. The molecule has 0 spiro atoms. The Balaban J connectivity index is 2.28. The van der Waals surface area contributed by atoms with Crippen LogP contribution in [0.25, 0.3) is 0 Å². The van der Waals surface area contributed by atoms with Gasteiger partial charge < -0.3 is 10.4 Å². The second-order valence-corrected chi connectivity index (χ2v) is 4.52. The average molecular weight is 286 g/mol. The van der Waals surface area contributed by atoms with Crippen LogP contribution in [-0.4, -0.2) is 15.9 Å². The number of anilines is 1. The van der Waals surface area contributed by atoms with Gasteiger partial charge in [-0.1, -0.05) is 18.2 Å². The summed E-state index contributed by atoms with van der Waals surface area (Å²) in [4.78, 5) is 22.6. The highest BCUT2D eigenvalue weighted by Crippen LogP contribution is 2.22. The zero-order chi connectivity index (χ0) is 15.4. The number of nitro benzene ring substituents is 1. The Kier molecular flexibility index (Phi) is 4.30. The molecule has 0 aromatic heterocycles. The first-order chi connectivity index (χ1) is 10.0. The SMILES string of the molecule is Cc1c(C(=O)Nc2cccc(CO)c2)cccc1[N+](=O)[O-]. The standard InChI is InChI=1S/C15H14N2O4/c1-10-13(6-3-7-14(10)17(20)21)15(19)16-12-5-2-4-11(8-12)9-18/h2-8,18H,9H2,1H3,(H,16,19). The number of amides is 1. The van der Waals surface area contributed by atoms with Crippen molar-refractivity contribution in [1.29, 1.82) is 0 Å². The van der Waals surface area contributed by atoms with Gasteiger partial charge in [-0.05, 0) is 30.7 Å². The Labute approximate surface area is 121 Å². The first kappa shape index (κ1) is 14.7. The summed E-state index contributed by atoms with van der Waals surface area (Å²) < 4.78 is 0. The van der Waals surface area contributed by atoms with Gasteiger partial charge in [-0.3, -0.25) is 14.9 Å². The predicted octanol–water partition coefficient (Wildman–Crippen LogP) is 2.65. The monoisotopic (exact) mass is 286 g/mol. The van der Waals surface area contributed by atoms with E-state index in [2.05, 4.69) is 5.32 Å². The lowest BCUT2D eigenvalue weighted by molar-refractivity contribution is -0.385. The summed E-state index contributed by atoms with van der Waals surface area (Å²) in [7, 11) is 0. The molecule has 6 heteroatoms. The van der Waals surface area contributed by atoms with E-state index in [9.17, 15) is 14.9 Å². The molecule has 0 radical (unpaired) electrons. The molecule has 0 bridgehead atoms. The molecule has 2 aromatic carbocycles. The lowest BCUT2D eigenvalue weighted by Crippen LogP contribution is -2.14. The van der Waals surface area contributed by atoms with Crippen molar-refractivity contribution in [1.82, 2.24) is 0 Å². The van der Waals surface area contributed by atoms with Crippen molar-refractivity contribution < 1.29 is 14.8 Å². The molecule has 0 aliphatic heterocycles. The molecule has 0 unspecified atom stereocenters. The van der Waals surface area contributed by atoms with Crippen molar-refractivity contribution in [3.05, 3.63) is 69.3 Å². The van der Waals surface area contributed by atoms with Gasteiger partial charge in [-0.2, -0.15) is 0 Å². The minimum Gasteiger partial charge on any atom is -0.392 e. The van der Waals surface area contributed by atoms with Gasteiger partial charge in [-0.15, -0.1) is 0 Å². The second-order valence-electron chi connectivity index (χ2n) is 4.52. The molecule has 0 atom stereocenters. The van der Waals surface area contributed by atoms with Crippen molar-refractivity contribution in [3.8, 4) is 0 Å². The van der Waals surface area contributed by atoms with Crippen LogP contribution >= 0.6 is 0 Å². The van der Waals surface area contributed by atoms with Gasteiger partial charge in [0.25, 0.3) is 11.6 Å². The van der Waals surface area contributed by atoms with Crippen LogP contribution in [-0.2, 0) is 6.61 Å². The highest BCUT2D eigenvalue weighted by atomic mass is 16.6. The van der Waals surface area contributed by atoms with E-state index in [0.717, 1.165) is 0 Å². The van der Waals surface area contributed by atoms with E-state index in [4.69, 9.17) is 5.11 Å². The largest absolute Gasteiger partial charge is 0.392 e. The minimum atomic E-state index is -0.515. The molecule has 0 aliphatic carbocycles. The summed E-state index contributed by atoms with van der Waals surface area (Å²) in [6, 6.07) is 11.1. The van der Waals surface area contributed by atoms with Gasteiger partial charge in [0, 0.05) is 22.9 Å². The van der Waals surface area contributed by atoms with Crippen molar-refractivity contribution in [3.63, 3.8) is 0 Å². The fourth-order valence-electron chi connectivity index (χ4n) is 2.01. The third-order valence-electron chi connectivity index (χ3n) is 3.11.